The third-order valence-electron chi connectivity index (χ3n) is 5.46. The van der Waals surface area contributed by atoms with Crippen LogP contribution in [0, 0.1) is 5.82 Å². The van der Waals surface area contributed by atoms with E-state index in [0.717, 1.165) is 18.4 Å². The van der Waals surface area contributed by atoms with Crippen molar-refractivity contribution < 1.29 is 23.5 Å². The maximum atomic E-state index is 14.9. The van der Waals surface area contributed by atoms with Crippen LogP contribution in [0.1, 0.15) is 77.3 Å². The first-order chi connectivity index (χ1) is 13.9. The number of carbonyl (C=O) groups excluding carboxylic acids is 3. The number of benzene rings is 1. The number of anilines is 1. The molecule has 6 nitrogen and oxygen atoms in total. The van der Waals surface area contributed by atoms with E-state index in [1.54, 1.807) is 34.6 Å². The van der Waals surface area contributed by atoms with E-state index in [1.807, 2.05) is 6.07 Å². The molecule has 0 spiro atoms. The summed E-state index contributed by atoms with van der Waals surface area (Å²) in [6, 6.07) is 3.42. The molecule has 1 fully saturated rings. The van der Waals surface area contributed by atoms with E-state index < -0.39 is 16.8 Å². The largest absolute Gasteiger partial charge is 0.460 e. The zero-order valence-corrected chi connectivity index (χ0v) is 18.4. The molecule has 3 rings (SSSR count). The summed E-state index contributed by atoms with van der Waals surface area (Å²) in [7, 11) is 0. The lowest BCUT2D eigenvalue weighted by Gasteiger charge is -2.20. The molecule has 1 aliphatic heterocycles. The molecule has 1 N–H and O–H groups in total. The van der Waals surface area contributed by atoms with Crippen molar-refractivity contribution in [1.82, 2.24) is 5.32 Å². The van der Waals surface area contributed by atoms with E-state index >= 15 is 0 Å². The van der Waals surface area contributed by atoms with E-state index in [4.69, 9.17) is 4.74 Å². The standard InChI is InChI=1S/C23H31FN2O4/c1-22(2,3)30-19(28)7-6-10-25-18(27)13-26-20-16(23(4,5)21(26)29)11-15(12-17(20)24)14-8-9-14/h11-12,14H,6-10,13H2,1-5H3,(H,25,27). The van der Waals surface area contributed by atoms with Gasteiger partial charge in [-0.05, 0) is 77.0 Å². The molecule has 1 aliphatic carbocycles. The summed E-state index contributed by atoms with van der Waals surface area (Å²) in [4.78, 5) is 38.3. The fourth-order valence-electron chi connectivity index (χ4n) is 3.78. The second-order valence-electron chi connectivity index (χ2n) is 9.73. The molecule has 0 unspecified atom stereocenters. The summed E-state index contributed by atoms with van der Waals surface area (Å²) < 4.78 is 20.1. The number of carbonyl (C=O) groups is 3. The summed E-state index contributed by atoms with van der Waals surface area (Å²) in [6.45, 7) is 8.95. The normalized spacial score (nSPS) is 17.7. The molecule has 30 heavy (non-hydrogen) atoms. The number of fused-ring (bicyclic) bond motifs is 1. The minimum Gasteiger partial charge on any atom is -0.460 e. The van der Waals surface area contributed by atoms with Gasteiger partial charge in [0.25, 0.3) is 0 Å². The fraction of sp³-hybridized carbons (Fsp3) is 0.609. The van der Waals surface area contributed by atoms with Crippen molar-refractivity contribution in [2.24, 2.45) is 0 Å². The average molecular weight is 419 g/mol. The number of esters is 1. The first kappa shape index (κ1) is 22.2. The minimum atomic E-state index is -0.877. The molecule has 0 atom stereocenters. The lowest BCUT2D eigenvalue weighted by Crippen LogP contribution is -2.43. The second kappa shape index (κ2) is 8.00. The van der Waals surface area contributed by atoms with E-state index in [2.05, 4.69) is 5.32 Å². The molecule has 7 heteroatoms. The maximum absolute atomic E-state index is 14.9. The molecule has 1 aromatic carbocycles. The third-order valence-corrected chi connectivity index (χ3v) is 5.46. The van der Waals surface area contributed by atoms with Crippen LogP contribution in [-0.4, -0.2) is 36.5 Å². The SMILES string of the molecule is CC(C)(C)OC(=O)CCCNC(=O)CN1C(=O)C(C)(C)c2cc(C3CC3)cc(F)c21. The lowest BCUT2D eigenvalue weighted by atomic mass is 9.85. The average Bonchev–Trinajstić information content (AvgIpc) is 3.43. The summed E-state index contributed by atoms with van der Waals surface area (Å²) >= 11 is 0. The molecule has 2 amide bonds. The number of hydrogen-bond donors (Lipinski definition) is 1. The van der Waals surface area contributed by atoms with Crippen molar-refractivity contribution in [3.05, 3.63) is 29.1 Å². The highest BCUT2D eigenvalue weighted by atomic mass is 19.1. The fourth-order valence-corrected chi connectivity index (χ4v) is 3.78. The Morgan fingerprint density at radius 3 is 2.53 bits per heavy atom. The van der Waals surface area contributed by atoms with Crippen LogP contribution in [0.4, 0.5) is 10.1 Å². The number of halogens is 1. The van der Waals surface area contributed by atoms with Gasteiger partial charge in [0.1, 0.15) is 18.0 Å². The van der Waals surface area contributed by atoms with Crippen LogP contribution in [0.2, 0.25) is 0 Å². The molecule has 1 saturated carbocycles. The van der Waals surface area contributed by atoms with Crippen molar-refractivity contribution in [2.75, 3.05) is 18.0 Å². The Morgan fingerprint density at radius 2 is 1.93 bits per heavy atom. The van der Waals surface area contributed by atoms with Gasteiger partial charge in [-0.15, -0.1) is 0 Å². The van der Waals surface area contributed by atoms with Crippen LogP contribution in [0.15, 0.2) is 12.1 Å². The van der Waals surface area contributed by atoms with Gasteiger partial charge in [-0.2, -0.15) is 0 Å². The number of nitrogens with one attached hydrogen (secondary N) is 1. The van der Waals surface area contributed by atoms with Crippen molar-refractivity contribution in [3.8, 4) is 0 Å². The van der Waals surface area contributed by atoms with Gasteiger partial charge in [-0.25, -0.2) is 4.39 Å². The van der Waals surface area contributed by atoms with Crippen LogP contribution >= 0.6 is 0 Å². The van der Waals surface area contributed by atoms with Crippen molar-refractivity contribution >= 4 is 23.5 Å². The Morgan fingerprint density at radius 1 is 1.27 bits per heavy atom. The van der Waals surface area contributed by atoms with Gasteiger partial charge in [0.15, 0.2) is 0 Å². The molecule has 2 aliphatic rings. The van der Waals surface area contributed by atoms with Crippen LogP contribution in [-0.2, 0) is 24.5 Å². The Kier molecular flexibility index (Phi) is 5.94. The first-order valence-electron chi connectivity index (χ1n) is 10.5. The monoisotopic (exact) mass is 418 g/mol. The molecular formula is C23H31FN2O4. The predicted molar refractivity (Wildman–Crippen MR) is 112 cm³/mol. The Balaban J connectivity index is 1.60. The number of ether oxygens (including phenoxy) is 1. The van der Waals surface area contributed by atoms with Crippen molar-refractivity contribution in [1.29, 1.82) is 0 Å². The highest BCUT2D eigenvalue weighted by Gasteiger charge is 2.46. The zero-order chi connectivity index (χ0) is 22.3. The van der Waals surface area contributed by atoms with E-state index in [-0.39, 0.29) is 43.0 Å². The summed E-state index contributed by atoms with van der Waals surface area (Å²) in [5, 5.41) is 2.70. The van der Waals surface area contributed by atoms with Gasteiger partial charge in [-0.3, -0.25) is 19.3 Å². The molecule has 0 bridgehead atoms. The number of hydrogen-bond acceptors (Lipinski definition) is 4. The maximum Gasteiger partial charge on any atom is 0.306 e. The van der Waals surface area contributed by atoms with E-state index in [0.29, 0.717) is 17.9 Å². The molecular weight excluding hydrogens is 387 g/mol. The summed E-state index contributed by atoms with van der Waals surface area (Å²) in [6.07, 6.45) is 2.70. The molecule has 1 heterocycles. The van der Waals surface area contributed by atoms with Crippen LogP contribution in [0.25, 0.3) is 0 Å². The molecule has 1 aromatic rings. The number of rotatable bonds is 7. The lowest BCUT2D eigenvalue weighted by molar-refractivity contribution is -0.155. The summed E-state index contributed by atoms with van der Waals surface area (Å²) in [5.74, 6) is -1.07. The Hall–Kier alpha value is -2.44. The number of amides is 2. The van der Waals surface area contributed by atoms with Gasteiger partial charge >= 0.3 is 5.97 Å². The molecule has 0 aromatic heterocycles. The third kappa shape index (κ3) is 4.82. The van der Waals surface area contributed by atoms with Gasteiger partial charge < -0.3 is 10.1 Å². The second-order valence-corrected chi connectivity index (χ2v) is 9.73. The molecule has 0 radical (unpaired) electrons. The van der Waals surface area contributed by atoms with Gasteiger partial charge in [0.05, 0.1) is 11.1 Å². The smallest absolute Gasteiger partial charge is 0.306 e. The Labute approximate surface area is 177 Å². The highest BCUT2D eigenvalue weighted by molar-refractivity contribution is 6.10. The minimum absolute atomic E-state index is 0.189. The van der Waals surface area contributed by atoms with Gasteiger partial charge in [-0.1, -0.05) is 6.07 Å². The quantitative estimate of drug-likeness (QED) is 0.543. The van der Waals surface area contributed by atoms with E-state index in [1.165, 1.54) is 11.0 Å². The van der Waals surface area contributed by atoms with Gasteiger partial charge in [0, 0.05) is 13.0 Å². The predicted octanol–water partition coefficient (Wildman–Crippen LogP) is 3.57. The molecule has 0 saturated heterocycles. The van der Waals surface area contributed by atoms with Gasteiger partial charge in [0.2, 0.25) is 11.8 Å². The van der Waals surface area contributed by atoms with Crippen LogP contribution in [0.3, 0.4) is 0 Å². The number of nitrogens with zero attached hydrogens (tertiary/aromatic N) is 1. The van der Waals surface area contributed by atoms with Crippen LogP contribution in [0.5, 0.6) is 0 Å². The first-order valence-corrected chi connectivity index (χ1v) is 10.5. The van der Waals surface area contributed by atoms with Crippen molar-refractivity contribution in [2.45, 2.75) is 77.2 Å². The topological polar surface area (TPSA) is 75.7 Å². The molecule has 164 valence electrons. The van der Waals surface area contributed by atoms with Crippen molar-refractivity contribution in [3.63, 3.8) is 0 Å². The van der Waals surface area contributed by atoms with E-state index in [9.17, 15) is 18.8 Å². The zero-order valence-electron chi connectivity index (χ0n) is 18.4. The van der Waals surface area contributed by atoms with Crippen LogP contribution < -0.4 is 10.2 Å². The summed E-state index contributed by atoms with van der Waals surface area (Å²) in [5.41, 5.74) is 0.365. The highest BCUT2D eigenvalue weighted by Crippen LogP contribution is 2.48. The Bertz CT molecular complexity index is 869.